The van der Waals surface area contributed by atoms with Gasteiger partial charge in [-0.2, -0.15) is 0 Å². The van der Waals surface area contributed by atoms with Gasteiger partial charge in [0.05, 0.1) is 0 Å². The first kappa shape index (κ1) is 18.1. The second-order valence-corrected chi connectivity index (χ2v) is 8.84. The monoisotopic (exact) mass is 290 g/mol. The Kier molecular flexibility index (Phi) is 6.31. The van der Waals surface area contributed by atoms with E-state index >= 15 is 0 Å². The number of phenolic OH excluding ortho intramolecular Hbond substituents is 1. The molecule has 0 aromatic heterocycles. The normalized spacial score (nSPS) is 12.7. The average molecular weight is 290 g/mol. The summed E-state index contributed by atoms with van der Waals surface area (Å²) in [6.07, 6.45) is 6.96. The molecular formula is C20H34O. The topological polar surface area (TPSA) is 20.2 Å². The molecular weight excluding hydrogens is 256 g/mol. The van der Waals surface area contributed by atoms with E-state index in [0.29, 0.717) is 16.6 Å². The van der Waals surface area contributed by atoms with Crippen molar-refractivity contribution < 1.29 is 5.11 Å². The first-order valence-corrected chi connectivity index (χ1v) is 8.37. The molecule has 0 radical (unpaired) electrons. The summed E-state index contributed by atoms with van der Waals surface area (Å²) in [5, 5.41) is 9.91. The van der Waals surface area contributed by atoms with Crippen LogP contribution in [0.1, 0.15) is 78.4 Å². The van der Waals surface area contributed by atoms with Crippen LogP contribution >= 0.6 is 0 Å². The molecule has 120 valence electrons. The van der Waals surface area contributed by atoms with Gasteiger partial charge in [0.25, 0.3) is 0 Å². The van der Waals surface area contributed by atoms with Gasteiger partial charge in [0.15, 0.2) is 0 Å². The van der Waals surface area contributed by atoms with Crippen LogP contribution in [0.5, 0.6) is 5.75 Å². The van der Waals surface area contributed by atoms with Crippen LogP contribution in [-0.2, 0) is 12.8 Å². The number of aryl methyl sites for hydroxylation is 2. The maximum absolute atomic E-state index is 9.91. The predicted molar refractivity (Wildman–Crippen MR) is 92.9 cm³/mol. The summed E-state index contributed by atoms with van der Waals surface area (Å²) in [6, 6.07) is 6.14. The van der Waals surface area contributed by atoms with E-state index in [4.69, 9.17) is 0 Å². The van der Waals surface area contributed by atoms with Crippen molar-refractivity contribution >= 4 is 0 Å². The number of hydrogen-bond donors (Lipinski definition) is 1. The Morgan fingerprint density at radius 1 is 0.714 bits per heavy atom. The van der Waals surface area contributed by atoms with Gasteiger partial charge >= 0.3 is 0 Å². The fourth-order valence-electron chi connectivity index (χ4n) is 2.68. The van der Waals surface area contributed by atoms with Gasteiger partial charge in [-0.15, -0.1) is 0 Å². The number of aromatic hydroxyl groups is 1. The molecule has 1 N–H and O–H groups in total. The van der Waals surface area contributed by atoms with Crippen LogP contribution in [0.2, 0.25) is 0 Å². The van der Waals surface area contributed by atoms with Gasteiger partial charge in [-0.3, -0.25) is 0 Å². The van der Waals surface area contributed by atoms with Crippen LogP contribution in [0.4, 0.5) is 0 Å². The lowest BCUT2D eigenvalue weighted by Crippen LogP contribution is -2.05. The Balaban J connectivity index is 2.55. The third-order valence-electron chi connectivity index (χ3n) is 3.82. The molecule has 0 spiro atoms. The maximum Gasteiger partial charge on any atom is 0.116 e. The zero-order valence-electron chi connectivity index (χ0n) is 14.9. The van der Waals surface area contributed by atoms with E-state index < -0.39 is 0 Å². The van der Waals surface area contributed by atoms with Gasteiger partial charge in [0, 0.05) is 0 Å². The molecule has 21 heavy (non-hydrogen) atoms. The van der Waals surface area contributed by atoms with Crippen molar-refractivity contribution in [3.05, 3.63) is 29.3 Å². The first-order valence-electron chi connectivity index (χ1n) is 8.37. The largest absolute Gasteiger partial charge is 0.508 e. The van der Waals surface area contributed by atoms with Gasteiger partial charge < -0.3 is 5.11 Å². The van der Waals surface area contributed by atoms with Crippen molar-refractivity contribution in [2.45, 2.75) is 80.1 Å². The molecule has 0 atom stereocenters. The molecule has 0 bridgehead atoms. The van der Waals surface area contributed by atoms with Gasteiger partial charge in [-0.1, -0.05) is 47.6 Å². The SMILES string of the molecule is CC(C)(C)CCCc1cc(O)cc(CCCC(C)(C)C)c1. The van der Waals surface area contributed by atoms with E-state index in [2.05, 4.69) is 47.6 Å². The van der Waals surface area contributed by atoms with Gasteiger partial charge in [0.2, 0.25) is 0 Å². The summed E-state index contributed by atoms with van der Waals surface area (Å²) in [6.45, 7) is 13.7. The second kappa shape index (κ2) is 7.33. The number of phenols is 1. The van der Waals surface area contributed by atoms with Gasteiger partial charge in [0.1, 0.15) is 5.75 Å². The fraction of sp³-hybridized carbons (Fsp3) is 0.700. The highest BCUT2D eigenvalue weighted by Crippen LogP contribution is 2.25. The van der Waals surface area contributed by atoms with Crippen LogP contribution in [0.3, 0.4) is 0 Å². The summed E-state index contributed by atoms with van der Waals surface area (Å²) in [5.41, 5.74) is 3.36. The van der Waals surface area contributed by atoms with Crippen molar-refractivity contribution in [2.24, 2.45) is 10.8 Å². The third kappa shape index (κ3) is 8.80. The van der Waals surface area contributed by atoms with Crippen molar-refractivity contribution in [3.8, 4) is 5.75 Å². The highest BCUT2D eigenvalue weighted by molar-refractivity contribution is 5.33. The second-order valence-electron chi connectivity index (χ2n) is 8.84. The Hall–Kier alpha value is -0.980. The van der Waals surface area contributed by atoms with Crippen LogP contribution in [-0.4, -0.2) is 5.11 Å². The van der Waals surface area contributed by atoms with Crippen LogP contribution < -0.4 is 0 Å². The zero-order chi connectivity index (χ0) is 16.1. The van der Waals surface area contributed by atoms with Gasteiger partial charge in [-0.05, 0) is 72.6 Å². The highest BCUT2D eigenvalue weighted by atomic mass is 16.3. The molecule has 0 aliphatic heterocycles. The lowest BCUT2D eigenvalue weighted by Gasteiger charge is -2.18. The summed E-state index contributed by atoms with van der Waals surface area (Å²) >= 11 is 0. The third-order valence-corrected chi connectivity index (χ3v) is 3.82. The Morgan fingerprint density at radius 2 is 1.10 bits per heavy atom. The van der Waals surface area contributed by atoms with Crippen molar-refractivity contribution in [2.75, 3.05) is 0 Å². The summed E-state index contributed by atoms with van der Waals surface area (Å²) in [5.74, 6) is 0.425. The molecule has 1 heteroatoms. The molecule has 0 amide bonds. The highest BCUT2D eigenvalue weighted by Gasteiger charge is 2.11. The zero-order valence-corrected chi connectivity index (χ0v) is 14.9. The van der Waals surface area contributed by atoms with Crippen LogP contribution in [0, 0.1) is 10.8 Å². The Labute approximate surface area is 131 Å². The molecule has 0 saturated carbocycles. The molecule has 0 heterocycles. The van der Waals surface area contributed by atoms with E-state index in [1.165, 1.54) is 36.8 Å². The van der Waals surface area contributed by atoms with E-state index in [-0.39, 0.29) is 0 Å². The lowest BCUT2D eigenvalue weighted by molar-refractivity contribution is 0.365. The van der Waals surface area contributed by atoms with Crippen molar-refractivity contribution in [3.63, 3.8) is 0 Å². The van der Waals surface area contributed by atoms with E-state index in [1.54, 1.807) is 0 Å². The van der Waals surface area contributed by atoms with E-state index in [0.717, 1.165) is 12.8 Å². The molecule has 1 nitrogen and oxygen atoms in total. The first-order chi connectivity index (χ1) is 9.55. The summed E-state index contributed by atoms with van der Waals surface area (Å²) < 4.78 is 0. The molecule has 0 saturated heterocycles. The fourth-order valence-corrected chi connectivity index (χ4v) is 2.68. The maximum atomic E-state index is 9.91. The summed E-state index contributed by atoms with van der Waals surface area (Å²) in [7, 11) is 0. The molecule has 1 aromatic rings. The minimum atomic E-state index is 0.395. The molecule has 1 aromatic carbocycles. The number of benzene rings is 1. The minimum absolute atomic E-state index is 0.395. The molecule has 0 fully saturated rings. The predicted octanol–water partition coefficient (Wildman–Crippen LogP) is 6.13. The van der Waals surface area contributed by atoms with E-state index in [9.17, 15) is 5.11 Å². The minimum Gasteiger partial charge on any atom is -0.508 e. The summed E-state index contributed by atoms with van der Waals surface area (Å²) in [4.78, 5) is 0. The van der Waals surface area contributed by atoms with E-state index in [1.807, 2.05) is 12.1 Å². The van der Waals surface area contributed by atoms with Gasteiger partial charge in [-0.25, -0.2) is 0 Å². The quantitative estimate of drug-likeness (QED) is 0.668. The standard InChI is InChI=1S/C20H34O/c1-19(2,3)11-7-9-16-13-17(15-18(21)14-16)10-8-12-20(4,5)6/h13-15,21H,7-12H2,1-6H3. The number of rotatable bonds is 6. The van der Waals surface area contributed by atoms with Crippen LogP contribution in [0.15, 0.2) is 18.2 Å². The smallest absolute Gasteiger partial charge is 0.116 e. The molecule has 0 aliphatic rings. The van der Waals surface area contributed by atoms with Crippen molar-refractivity contribution in [1.82, 2.24) is 0 Å². The Bertz CT molecular complexity index is 394. The molecule has 0 aliphatic carbocycles. The van der Waals surface area contributed by atoms with Crippen molar-refractivity contribution in [1.29, 1.82) is 0 Å². The lowest BCUT2D eigenvalue weighted by atomic mass is 9.88. The average Bonchev–Trinajstić information content (AvgIpc) is 2.24. The van der Waals surface area contributed by atoms with Crippen LogP contribution in [0.25, 0.3) is 0 Å². The Morgan fingerprint density at radius 3 is 1.43 bits per heavy atom. The molecule has 1 rings (SSSR count). The molecule has 0 unspecified atom stereocenters. The number of hydrogen-bond acceptors (Lipinski definition) is 1.